The van der Waals surface area contributed by atoms with Gasteiger partial charge in [0.05, 0.1) is 0 Å². The van der Waals surface area contributed by atoms with Crippen molar-refractivity contribution in [1.82, 2.24) is 5.32 Å². The Hall–Kier alpha value is -1.63. The number of carbonyl (C=O) groups excluding carboxylic acids is 1. The maximum atomic E-state index is 10.4. The molecule has 1 amide bonds. The molecule has 1 saturated heterocycles. The smallest absolute Gasteiger partial charge is 0.326 e. The zero-order valence-corrected chi connectivity index (χ0v) is 10.5. The molecular formula is C11H20N2O5. The normalized spacial score (nSPS) is 21.3. The number of hydrogen-bond donors (Lipinski definition) is 4. The van der Waals surface area contributed by atoms with Crippen molar-refractivity contribution in [2.75, 3.05) is 0 Å². The van der Waals surface area contributed by atoms with Crippen molar-refractivity contribution in [3.8, 4) is 0 Å². The Labute approximate surface area is 105 Å². The third-order valence-electron chi connectivity index (χ3n) is 2.84. The molecule has 104 valence electrons. The number of hydrogen-bond acceptors (Lipinski definition) is 4. The first-order chi connectivity index (χ1) is 8.29. The quantitative estimate of drug-likeness (QED) is 0.553. The maximum Gasteiger partial charge on any atom is 0.326 e. The van der Waals surface area contributed by atoms with Crippen LogP contribution in [0.25, 0.3) is 0 Å². The van der Waals surface area contributed by atoms with Gasteiger partial charge >= 0.3 is 11.9 Å². The molecule has 1 aliphatic heterocycles. The van der Waals surface area contributed by atoms with Crippen LogP contribution < -0.4 is 11.1 Å². The van der Waals surface area contributed by atoms with E-state index in [0.29, 0.717) is 12.8 Å². The average molecular weight is 260 g/mol. The summed E-state index contributed by atoms with van der Waals surface area (Å²) >= 11 is 0. The molecule has 0 radical (unpaired) electrons. The molecule has 0 aliphatic carbocycles. The summed E-state index contributed by atoms with van der Waals surface area (Å²) in [6.45, 7) is 3.76. The average Bonchev–Trinajstić information content (AvgIpc) is 2.74. The SMILES string of the molecule is CC[C@H](C)[C@H](N)C(=O)O.O=C1CC[C@@H](C(=O)O)N1. The molecule has 0 aromatic heterocycles. The molecule has 3 atom stereocenters. The Kier molecular flexibility index (Phi) is 6.96. The number of aliphatic carboxylic acids is 2. The van der Waals surface area contributed by atoms with Crippen LogP contribution in [-0.2, 0) is 14.4 Å². The van der Waals surface area contributed by atoms with Gasteiger partial charge in [0, 0.05) is 6.42 Å². The van der Waals surface area contributed by atoms with Gasteiger partial charge in [-0.15, -0.1) is 0 Å². The molecule has 0 unspecified atom stereocenters. The lowest BCUT2D eigenvalue weighted by Gasteiger charge is -2.11. The van der Waals surface area contributed by atoms with E-state index in [1.807, 2.05) is 13.8 Å². The Balaban J connectivity index is 0.000000321. The third kappa shape index (κ3) is 5.62. The van der Waals surface area contributed by atoms with Crippen molar-refractivity contribution in [1.29, 1.82) is 0 Å². The van der Waals surface area contributed by atoms with Crippen LogP contribution in [0.4, 0.5) is 0 Å². The van der Waals surface area contributed by atoms with Crippen LogP contribution in [0.15, 0.2) is 0 Å². The third-order valence-corrected chi connectivity index (χ3v) is 2.84. The Morgan fingerprint density at radius 1 is 1.50 bits per heavy atom. The molecule has 1 heterocycles. The number of carboxylic acids is 2. The van der Waals surface area contributed by atoms with E-state index in [-0.39, 0.29) is 11.8 Å². The van der Waals surface area contributed by atoms with E-state index in [4.69, 9.17) is 15.9 Å². The molecule has 7 heteroatoms. The molecule has 0 saturated carbocycles. The van der Waals surface area contributed by atoms with Gasteiger partial charge in [-0.3, -0.25) is 9.59 Å². The van der Waals surface area contributed by atoms with Crippen molar-refractivity contribution in [2.24, 2.45) is 11.7 Å². The zero-order valence-electron chi connectivity index (χ0n) is 10.5. The summed E-state index contributed by atoms with van der Waals surface area (Å²) in [4.78, 5) is 30.7. The summed E-state index contributed by atoms with van der Waals surface area (Å²) in [5, 5.41) is 19.0. The van der Waals surface area contributed by atoms with Gasteiger partial charge in [-0.05, 0) is 12.3 Å². The van der Waals surface area contributed by atoms with Crippen LogP contribution in [0.3, 0.4) is 0 Å². The van der Waals surface area contributed by atoms with Gasteiger partial charge in [0.15, 0.2) is 0 Å². The van der Waals surface area contributed by atoms with Gasteiger partial charge in [0.25, 0.3) is 0 Å². The standard InChI is InChI=1S/C6H13NO2.C5H7NO3/c1-3-4(2)5(7)6(8)9;7-4-2-1-3(6-4)5(8)9/h4-5H,3,7H2,1-2H3,(H,8,9);3H,1-2H2,(H,6,7)(H,8,9)/t4-,5-;3-/m00/s1. The fourth-order valence-corrected chi connectivity index (χ4v) is 1.30. The maximum absolute atomic E-state index is 10.4. The number of nitrogens with two attached hydrogens (primary N) is 1. The minimum Gasteiger partial charge on any atom is -0.480 e. The van der Waals surface area contributed by atoms with Crippen LogP contribution in [0, 0.1) is 5.92 Å². The minimum atomic E-state index is -0.944. The molecule has 0 aromatic rings. The lowest BCUT2D eigenvalue weighted by atomic mass is 10.0. The van der Waals surface area contributed by atoms with Gasteiger partial charge in [0.1, 0.15) is 12.1 Å². The highest BCUT2D eigenvalue weighted by Crippen LogP contribution is 2.05. The van der Waals surface area contributed by atoms with E-state index in [0.717, 1.165) is 6.42 Å². The molecule has 0 spiro atoms. The molecule has 18 heavy (non-hydrogen) atoms. The van der Waals surface area contributed by atoms with Crippen molar-refractivity contribution in [3.63, 3.8) is 0 Å². The first-order valence-corrected chi connectivity index (χ1v) is 5.80. The fourth-order valence-electron chi connectivity index (χ4n) is 1.30. The molecule has 5 N–H and O–H groups in total. The molecule has 1 aliphatic rings. The number of rotatable bonds is 4. The second-order valence-electron chi connectivity index (χ2n) is 4.25. The minimum absolute atomic E-state index is 0.0718. The predicted octanol–water partition coefficient (Wildman–Crippen LogP) is -0.206. The summed E-state index contributed by atoms with van der Waals surface area (Å²) in [5.74, 6) is -1.95. The van der Waals surface area contributed by atoms with Crippen LogP contribution in [-0.4, -0.2) is 40.1 Å². The summed E-state index contributed by atoms with van der Waals surface area (Å²) in [6.07, 6.45) is 1.58. The van der Waals surface area contributed by atoms with E-state index in [9.17, 15) is 14.4 Å². The topological polar surface area (TPSA) is 130 Å². The Morgan fingerprint density at radius 2 is 2.06 bits per heavy atom. The molecule has 0 bridgehead atoms. The highest BCUT2D eigenvalue weighted by molar-refractivity contribution is 5.87. The Morgan fingerprint density at radius 3 is 2.22 bits per heavy atom. The van der Waals surface area contributed by atoms with Gasteiger partial charge in [-0.2, -0.15) is 0 Å². The van der Waals surface area contributed by atoms with E-state index in [1.54, 1.807) is 0 Å². The number of amides is 1. The zero-order chi connectivity index (χ0) is 14.3. The summed E-state index contributed by atoms with van der Waals surface area (Å²) in [7, 11) is 0. The van der Waals surface area contributed by atoms with Crippen LogP contribution in [0.2, 0.25) is 0 Å². The fraction of sp³-hybridized carbons (Fsp3) is 0.727. The number of carboxylic acid groups (broad SMARTS) is 2. The van der Waals surface area contributed by atoms with E-state index in [2.05, 4.69) is 5.32 Å². The summed E-state index contributed by atoms with van der Waals surface area (Å²) < 4.78 is 0. The van der Waals surface area contributed by atoms with Crippen molar-refractivity contribution in [3.05, 3.63) is 0 Å². The van der Waals surface area contributed by atoms with Gasteiger partial charge < -0.3 is 21.3 Å². The van der Waals surface area contributed by atoms with Crippen molar-refractivity contribution in [2.45, 2.75) is 45.2 Å². The molecule has 1 fully saturated rings. The lowest BCUT2D eigenvalue weighted by Crippen LogP contribution is -2.36. The van der Waals surface area contributed by atoms with Crippen LogP contribution in [0.5, 0.6) is 0 Å². The van der Waals surface area contributed by atoms with E-state index >= 15 is 0 Å². The van der Waals surface area contributed by atoms with E-state index in [1.165, 1.54) is 0 Å². The van der Waals surface area contributed by atoms with E-state index < -0.39 is 24.0 Å². The first-order valence-electron chi connectivity index (χ1n) is 5.80. The summed E-state index contributed by atoms with van der Waals surface area (Å²) in [5.41, 5.74) is 5.27. The van der Waals surface area contributed by atoms with Crippen LogP contribution >= 0.6 is 0 Å². The number of nitrogens with one attached hydrogen (secondary N) is 1. The lowest BCUT2D eigenvalue weighted by molar-refractivity contribution is -0.140. The molecular weight excluding hydrogens is 240 g/mol. The molecule has 7 nitrogen and oxygen atoms in total. The largest absolute Gasteiger partial charge is 0.480 e. The van der Waals surface area contributed by atoms with Crippen molar-refractivity contribution < 1.29 is 24.6 Å². The van der Waals surface area contributed by atoms with Gasteiger partial charge in [-0.25, -0.2) is 4.79 Å². The Bertz CT molecular complexity index is 319. The first kappa shape index (κ1) is 16.4. The highest BCUT2D eigenvalue weighted by atomic mass is 16.4. The molecule has 1 rings (SSSR count). The van der Waals surface area contributed by atoms with Gasteiger partial charge in [0.2, 0.25) is 5.91 Å². The second-order valence-corrected chi connectivity index (χ2v) is 4.25. The van der Waals surface area contributed by atoms with Gasteiger partial charge in [-0.1, -0.05) is 20.3 Å². The highest BCUT2D eigenvalue weighted by Gasteiger charge is 2.26. The predicted molar refractivity (Wildman–Crippen MR) is 63.9 cm³/mol. The van der Waals surface area contributed by atoms with Crippen LogP contribution in [0.1, 0.15) is 33.1 Å². The molecule has 0 aromatic carbocycles. The second kappa shape index (κ2) is 7.65. The van der Waals surface area contributed by atoms with Crippen molar-refractivity contribution >= 4 is 17.8 Å². The number of carbonyl (C=O) groups is 3. The monoisotopic (exact) mass is 260 g/mol. The summed E-state index contributed by atoms with van der Waals surface area (Å²) in [6, 6.07) is -1.34.